The molecule has 0 bridgehead atoms. The van der Waals surface area contributed by atoms with Gasteiger partial charge in [-0.2, -0.15) is 0 Å². The van der Waals surface area contributed by atoms with Gasteiger partial charge >= 0.3 is 5.97 Å². The highest BCUT2D eigenvalue weighted by atomic mass is 32.1. The molecule has 0 saturated carbocycles. The molecule has 1 amide bonds. The van der Waals surface area contributed by atoms with Crippen molar-refractivity contribution in [1.82, 2.24) is 4.90 Å². The number of ether oxygens (including phenoxy) is 2. The molecule has 0 spiro atoms. The van der Waals surface area contributed by atoms with Crippen LogP contribution in [0.3, 0.4) is 0 Å². The number of fused-ring (bicyclic) bond motifs is 1. The van der Waals surface area contributed by atoms with Crippen LogP contribution in [-0.4, -0.2) is 41.0 Å². The van der Waals surface area contributed by atoms with E-state index < -0.39 is 12.0 Å². The zero-order valence-corrected chi connectivity index (χ0v) is 12.4. The topological polar surface area (TPSA) is 55.8 Å². The van der Waals surface area contributed by atoms with Crippen molar-refractivity contribution >= 4 is 29.0 Å². The lowest BCUT2D eigenvalue weighted by Crippen LogP contribution is -2.55. The lowest BCUT2D eigenvalue weighted by atomic mass is 10.0. The summed E-state index contributed by atoms with van der Waals surface area (Å²) in [6, 6.07) is -0.755. The molecule has 5 nitrogen and oxygen atoms in total. The van der Waals surface area contributed by atoms with E-state index in [1.54, 1.807) is 0 Å². The summed E-state index contributed by atoms with van der Waals surface area (Å²) < 4.78 is 10.4. The minimum Gasteiger partial charge on any atom is -0.472 e. The second-order valence-electron chi connectivity index (χ2n) is 5.06. The van der Waals surface area contributed by atoms with Gasteiger partial charge in [0.1, 0.15) is 5.76 Å². The predicted octanol–water partition coefficient (Wildman–Crippen LogP) is 1.65. The van der Waals surface area contributed by atoms with Crippen molar-refractivity contribution in [2.45, 2.75) is 31.5 Å². The van der Waals surface area contributed by atoms with Crippen LogP contribution >= 0.6 is 12.2 Å². The summed E-state index contributed by atoms with van der Waals surface area (Å²) in [6.45, 7) is 0. The number of thiocarbonyl (C=S) groups is 1. The number of allylic oxidation sites excluding steroid dienone is 5. The highest BCUT2D eigenvalue weighted by molar-refractivity contribution is 7.80. The van der Waals surface area contributed by atoms with Crippen molar-refractivity contribution in [2.75, 3.05) is 7.11 Å². The van der Waals surface area contributed by atoms with Crippen LogP contribution < -0.4 is 0 Å². The fourth-order valence-electron chi connectivity index (χ4n) is 2.65. The molecule has 1 aliphatic carbocycles. The van der Waals surface area contributed by atoms with Gasteiger partial charge in [-0.25, -0.2) is 4.79 Å². The average molecular weight is 305 g/mol. The molecule has 110 valence electrons. The third kappa shape index (κ3) is 2.40. The van der Waals surface area contributed by atoms with Gasteiger partial charge in [0.15, 0.2) is 12.3 Å². The summed E-state index contributed by atoms with van der Waals surface area (Å²) >= 11 is 5.30. The van der Waals surface area contributed by atoms with E-state index in [-0.39, 0.29) is 12.1 Å². The molecule has 3 aliphatic rings. The molecular formula is C15H15NO4S. The summed E-state index contributed by atoms with van der Waals surface area (Å²) in [7, 11) is 1.31. The largest absolute Gasteiger partial charge is 0.472 e. The molecule has 0 radical (unpaired) electrons. The van der Waals surface area contributed by atoms with E-state index >= 15 is 0 Å². The Labute approximate surface area is 127 Å². The highest BCUT2D eigenvalue weighted by Crippen LogP contribution is 2.37. The molecule has 0 aromatic carbocycles. The molecule has 21 heavy (non-hydrogen) atoms. The number of rotatable bonds is 3. The smallest absolute Gasteiger partial charge is 0.336 e. The first-order valence-corrected chi connectivity index (χ1v) is 7.17. The number of carbonyl (C=O) groups is 2. The third-order valence-electron chi connectivity index (χ3n) is 3.81. The average Bonchev–Trinajstić information content (AvgIpc) is 2.78. The predicted molar refractivity (Wildman–Crippen MR) is 79.3 cm³/mol. The zero-order valence-electron chi connectivity index (χ0n) is 11.6. The van der Waals surface area contributed by atoms with Crippen molar-refractivity contribution in [3.8, 4) is 0 Å². The molecule has 0 N–H and O–H groups in total. The Morgan fingerprint density at radius 1 is 1.62 bits per heavy atom. The van der Waals surface area contributed by atoms with Gasteiger partial charge in [-0.1, -0.05) is 30.4 Å². The highest BCUT2D eigenvalue weighted by Gasteiger charge is 2.54. The fourth-order valence-corrected chi connectivity index (χ4v) is 2.89. The second kappa shape index (κ2) is 5.44. The number of methoxy groups -OCH3 is 1. The number of hydrogen-bond acceptors (Lipinski definition) is 5. The summed E-state index contributed by atoms with van der Waals surface area (Å²) in [4.78, 5) is 25.8. The number of amides is 1. The maximum atomic E-state index is 11.9. The Morgan fingerprint density at radius 2 is 2.43 bits per heavy atom. The van der Waals surface area contributed by atoms with E-state index in [4.69, 9.17) is 21.7 Å². The van der Waals surface area contributed by atoms with Gasteiger partial charge in [-0.15, -0.1) is 0 Å². The molecule has 0 aromatic heterocycles. The van der Waals surface area contributed by atoms with Crippen LogP contribution in [0.25, 0.3) is 0 Å². The Morgan fingerprint density at radius 3 is 3.10 bits per heavy atom. The van der Waals surface area contributed by atoms with Crippen molar-refractivity contribution in [3.05, 3.63) is 35.6 Å². The van der Waals surface area contributed by atoms with Crippen molar-refractivity contribution in [1.29, 1.82) is 0 Å². The first-order chi connectivity index (χ1) is 10.1. The molecule has 2 atom stereocenters. The molecule has 0 aromatic rings. The molecule has 3 rings (SSSR count). The van der Waals surface area contributed by atoms with Gasteiger partial charge in [0.25, 0.3) is 0 Å². The van der Waals surface area contributed by atoms with Crippen LogP contribution in [0.15, 0.2) is 35.6 Å². The monoisotopic (exact) mass is 305 g/mol. The van der Waals surface area contributed by atoms with Crippen LogP contribution in [0.1, 0.15) is 19.3 Å². The number of β-lactam (4-membered cyclic amide) rings is 1. The molecule has 2 heterocycles. The zero-order chi connectivity index (χ0) is 15.0. The van der Waals surface area contributed by atoms with Crippen molar-refractivity contribution < 1.29 is 19.1 Å². The first-order valence-electron chi connectivity index (χ1n) is 6.76. The molecule has 2 aliphatic heterocycles. The third-order valence-corrected chi connectivity index (χ3v) is 4.24. The maximum Gasteiger partial charge on any atom is 0.336 e. The number of nitrogens with zero attached hydrogens (tertiary/aromatic N) is 1. The van der Waals surface area contributed by atoms with Crippen LogP contribution in [0.2, 0.25) is 0 Å². The molecule has 2 fully saturated rings. The minimum absolute atomic E-state index is 0.0888. The molecular weight excluding hydrogens is 290 g/mol. The standard InChI is InChI=1S/C15H15NO4S/c1-19-15(18)14-10(20-13-8-12(17)16(13)14)7-6-9-4-2-3-5-11(9)21/h2-4,7,13-14H,5-6,8H2,1H3. The van der Waals surface area contributed by atoms with Gasteiger partial charge in [0.2, 0.25) is 5.91 Å². The van der Waals surface area contributed by atoms with Gasteiger partial charge in [-0.05, 0) is 18.1 Å². The number of esters is 1. The van der Waals surface area contributed by atoms with E-state index in [0.29, 0.717) is 18.6 Å². The molecule has 6 heteroatoms. The fraction of sp³-hybridized carbons (Fsp3) is 0.400. The SMILES string of the molecule is COC(=O)C1C(=CCC2=CC=CCC2=S)OC2CC(=O)N21. The number of hydrogen-bond donors (Lipinski definition) is 0. The summed E-state index contributed by atoms with van der Waals surface area (Å²) in [5, 5.41) is 0. The quantitative estimate of drug-likeness (QED) is 0.451. The number of carbonyl (C=O) groups excluding carboxylic acids is 2. The Hall–Kier alpha value is -1.95. The van der Waals surface area contributed by atoms with Crippen molar-refractivity contribution in [3.63, 3.8) is 0 Å². The second-order valence-corrected chi connectivity index (χ2v) is 5.55. The van der Waals surface area contributed by atoms with E-state index in [1.165, 1.54) is 12.0 Å². The normalized spacial score (nSPS) is 28.9. The maximum absolute atomic E-state index is 11.9. The van der Waals surface area contributed by atoms with E-state index in [2.05, 4.69) is 0 Å². The van der Waals surface area contributed by atoms with Gasteiger partial charge in [-0.3, -0.25) is 9.69 Å². The van der Waals surface area contributed by atoms with Gasteiger partial charge in [0.05, 0.1) is 13.5 Å². The Bertz CT molecular complexity index is 605. The van der Waals surface area contributed by atoms with Crippen LogP contribution in [0, 0.1) is 0 Å². The van der Waals surface area contributed by atoms with Crippen LogP contribution in [-0.2, 0) is 19.1 Å². The van der Waals surface area contributed by atoms with Crippen LogP contribution in [0.4, 0.5) is 0 Å². The molecule has 2 unspecified atom stereocenters. The van der Waals surface area contributed by atoms with Gasteiger partial charge < -0.3 is 9.47 Å². The summed E-state index contributed by atoms with van der Waals surface area (Å²) in [6.07, 6.45) is 9.09. The van der Waals surface area contributed by atoms with Crippen molar-refractivity contribution in [2.24, 2.45) is 0 Å². The van der Waals surface area contributed by atoms with E-state index in [1.807, 2.05) is 24.3 Å². The summed E-state index contributed by atoms with van der Waals surface area (Å²) in [5.41, 5.74) is 1.03. The first kappa shape index (κ1) is 14.0. The lowest BCUT2D eigenvalue weighted by molar-refractivity contribution is -0.164. The Kier molecular flexibility index (Phi) is 3.63. The van der Waals surface area contributed by atoms with E-state index in [9.17, 15) is 9.59 Å². The summed E-state index contributed by atoms with van der Waals surface area (Å²) in [5.74, 6) is -0.0815. The van der Waals surface area contributed by atoms with Gasteiger partial charge in [0, 0.05) is 11.3 Å². The molecule has 2 saturated heterocycles. The Balaban J connectivity index is 1.80. The van der Waals surface area contributed by atoms with E-state index in [0.717, 1.165) is 16.9 Å². The van der Waals surface area contributed by atoms with Crippen LogP contribution in [0.5, 0.6) is 0 Å². The minimum atomic E-state index is -0.755. The lowest BCUT2D eigenvalue weighted by Gasteiger charge is -2.33.